The van der Waals surface area contributed by atoms with Crippen molar-refractivity contribution in [3.63, 3.8) is 0 Å². The summed E-state index contributed by atoms with van der Waals surface area (Å²) in [6.45, 7) is 1.87. The molecule has 3 rings (SSSR count). The number of benzene rings is 1. The fourth-order valence-electron chi connectivity index (χ4n) is 2.29. The van der Waals surface area contributed by atoms with Gasteiger partial charge in [-0.1, -0.05) is 0 Å². The first-order valence-corrected chi connectivity index (χ1v) is 7.09. The second kappa shape index (κ2) is 4.94. The highest BCUT2D eigenvalue weighted by Crippen LogP contribution is 2.25. The van der Waals surface area contributed by atoms with Crippen LogP contribution in [0.15, 0.2) is 18.2 Å². The van der Waals surface area contributed by atoms with Crippen LogP contribution in [-0.2, 0) is 4.79 Å². The van der Waals surface area contributed by atoms with Gasteiger partial charge in [0.2, 0.25) is 5.91 Å². The summed E-state index contributed by atoms with van der Waals surface area (Å²) in [5, 5.41) is 3.01. The number of nitrogens with one attached hydrogen (secondary N) is 2. The summed E-state index contributed by atoms with van der Waals surface area (Å²) in [6.07, 6.45) is 2.16. The fraction of sp³-hybridized carbons (Fsp3) is 0.429. The highest BCUT2D eigenvalue weighted by Gasteiger charge is 2.27. The Kier molecular flexibility index (Phi) is 3.25. The minimum absolute atomic E-state index is 0.0142. The van der Waals surface area contributed by atoms with Gasteiger partial charge in [0, 0.05) is 12.1 Å². The molecule has 1 saturated carbocycles. The number of carbonyl (C=O) groups excluding carboxylic acids is 1. The van der Waals surface area contributed by atoms with Crippen LogP contribution in [0, 0.1) is 4.77 Å². The molecule has 1 aliphatic carbocycles. The highest BCUT2D eigenvalue weighted by molar-refractivity contribution is 7.71. The first kappa shape index (κ1) is 13.2. The Morgan fingerprint density at radius 1 is 1.55 bits per heavy atom. The van der Waals surface area contributed by atoms with Gasteiger partial charge in [-0.05, 0) is 44.1 Å². The third-order valence-corrected chi connectivity index (χ3v) is 3.91. The molecule has 0 spiro atoms. The number of carbonyl (C=O) groups is 1. The normalized spacial score (nSPS) is 16.1. The number of hydrogen-bond donors (Lipinski definition) is 2. The zero-order valence-corrected chi connectivity index (χ0v) is 12.3. The van der Waals surface area contributed by atoms with Gasteiger partial charge in [0.1, 0.15) is 11.8 Å². The summed E-state index contributed by atoms with van der Waals surface area (Å²) in [5.74, 6) is 0.774. The molecule has 1 heterocycles. The molecule has 106 valence electrons. The van der Waals surface area contributed by atoms with E-state index in [0.29, 0.717) is 10.8 Å². The van der Waals surface area contributed by atoms with Crippen molar-refractivity contribution in [3.05, 3.63) is 23.0 Å². The topological polar surface area (TPSA) is 59.0 Å². The summed E-state index contributed by atoms with van der Waals surface area (Å²) in [7, 11) is 1.62. The SMILES string of the molecule is COc1ccc2c(c1)[nH]c(=S)n2C(C)C(=O)NC1CC1. The zero-order chi connectivity index (χ0) is 14.3. The van der Waals surface area contributed by atoms with Gasteiger partial charge in [-0.2, -0.15) is 0 Å². The average Bonchev–Trinajstić information content (AvgIpc) is 3.18. The largest absolute Gasteiger partial charge is 0.497 e. The smallest absolute Gasteiger partial charge is 0.243 e. The van der Waals surface area contributed by atoms with Crippen LogP contribution < -0.4 is 10.1 Å². The molecule has 2 N–H and O–H groups in total. The number of hydrogen-bond acceptors (Lipinski definition) is 3. The lowest BCUT2D eigenvalue weighted by molar-refractivity contribution is -0.123. The minimum atomic E-state index is -0.328. The van der Waals surface area contributed by atoms with Crippen LogP contribution >= 0.6 is 12.2 Å². The second-order valence-electron chi connectivity index (χ2n) is 5.14. The number of nitrogens with zero attached hydrogens (tertiary/aromatic N) is 1. The number of H-pyrrole nitrogens is 1. The molecular formula is C14H17N3O2S. The predicted molar refractivity (Wildman–Crippen MR) is 79.6 cm³/mol. The van der Waals surface area contributed by atoms with E-state index in [1.807, 2.05) is 29.7 Å². The van der Waals surface area contributed by atoms with Crippen molar-refractivity contribution in [3.8, 4) is 5.75 Å². The van der Waals surface area contributed by atoms with E-state index in [1.54, 1.807) is 7.11 Å². The standard InChI is InChI=1S/C14H17N3O2S/c1-8(13(18)15-9-3-4-9)17-12-6-5-10(19-2)7-11(12)16-14(17)20/h5-9H,3-4H2,1-2H3,(H,15,18)(H,16,20). The molecule has 1 atom stereocenters. The number of aromatic amines is 1. The van der Waals surface area contributed by atoms with E-state index in [-0.39, 0.29) is 11.9 Å². The summed E-state index contributed by atoms with van der Waals surface area (Å²) in [5.41, 5.74) is 1.79. The van der Waals surface area contributed by atoms with E-state index in [2.05, 4.69) is 10.3 Å². The maximum Gasteiger partial charge on any atom is 0.243 e. The summed E-state index contributed by atoms with van der Waals surface area (Å²) < 4.78 is 7.59. The third-order valence-electron chi connectivity index (χ3n) is 3.61. The quantitative estimate of drug-likeness (QED) is 0.851. The average molecular weight is 291 g/mol. The monoisotopic (exact) mass is 291 g/mol. The van der Waals surface area contributed by atoms with Crippen LogP contribution in [0.3, 0.4) is 0 Å². The Bertz CT molecular complexity index is 715. The van der Waals surface area contributed by atoms with Crippen LogP contribution in [0.2, 0.25) is 0 Å². The maximum absolute atomic E-state index is 12.2. The minimum Gasteiger partial charge on any atom is -0.497 e. The molecule has 1 unspecified atom stereocenters. The number of rotatable bonds is 4. The summed E-state index contributed by atoms with van der Waals surface area (Å²) >= 11 is 5.34. The highest BCUT2D eigenvalue weighted by atomic mass is 32.1. The number of aromatic nitrogens is 2. The number of methoxy groups -OCH3 is 1. The van der Waals surface area contributed by atoms with Gasteiger partial charge < -0.3 is 19.6 Å². The second-order valence-corrected chi connectivity index (χ2v) is 5.53. The Morgan fingerprint density at radius 3 is 2.95 bits per heavy atom. The number of amides is 1. The van der Waals surface area contributed by atoms with Crippen molar-refractivity contribution in [1.29, 1.82) is 0 Å². The lowest BCUT2D eigenvalue weighted by atomic mass is 10.2. The number of ether oxygens (including phenoxy) is 1. The van der Waals surface area contributed by atoms with Gasteiger partial charge in [-0.3, -0.25) is 4.79 Å². The van der Waals surface area contributed by atoms with Gasteiger partial charge in [0.15, 0.2) is 4.77 Å². The van der Waals surface area contributed by atoms with Crippen molar-refractivity contribution in [2.24, 2.45) is 0 Å². The number of imidazole rings is 1. The Morgan fingerprint density at radius 2 is 2.30 bits per heavy atom. The van der Waals surface area contributed by atoms with Gasteiger partial charge in [-0.15, -0.1) is 0 Å². The van der Waals surface area contributed by atoms with E-state index in [0.717, 1.165) is 29.6 Å². The molecule has 0 aliphatic heterocycles. The van der Waals surface area contributed by atoms with E-state index in [4.69, 9.17) is 17.0 Å². The molecule has 1 aromatic carbocycles. The lowest BCUT2D eigenvalue weighted by Crippen LogP contribution is -2.32. The molecule has 2 aromatic rings. The molecule has 1 aliphatic rings. The molecule has 5 nitrogen and oxygen atoms in total. The van der Waals surface area contributed by atoms with Crippen molar-refractivity contribution in [2.45, 2.75) is 31.8 Å². The van der Waals surface area contributed by atoms with E-state index < -0.39 is 0 Å². The van der Waals surface area contributed by atoms with Gasteiger partial charge in [-0.25, -0.2) is 0 Å². The lowest BCUT2D eigenvalue weighted by Gasteiger charge is -2.14. The van der Waals surface area contributed by atoms with Crippen molar-refractivity contribution < 1.29 is 9.53 Å². The van der Waals surface area contributed by atoms with Crippen LogP contribution in [0.1, 0.15) is 25.8 Å². The molecule has 1 fully saturated rings. The van der Waals surface area contributed by atoms with Crippen molar-refractivity contribution >= 4 is 29.2 Å². The van der Waals surface area contributed by atoms with Crippen LogP contribution in [0.5, 0.6) is 5.75 Å². The molecule has 0 saturated heterocycles. The molecular weight excluding hydrogens is 274 g/mol. The van der Waals surface area contributed by atoms with E-state index in [1.165, 1.54) is 0 Å². The van der Waals surface area contributed by atoms with Gasteiger partial charge in [0.05, 0.1) is 18.1 Å². The van der Waals surface area contributed by atoms with E-state index >= 15 is 0 Å². The summed E-state index contributed by atoms with van der Waals surface area (Å²) in [6, 6.07) is 5.69. The third kappa shape index (κ3) is 2.31. The summed E-state index contributed by atoms with van der Waals surface area (Å²) in [4.78, 5) is 15.3. The molecule has 1 amide bonds. The number of fused-ring (bicyclic) bond motifs is 1. The Hall–Kier alpha value is -1.82. The predicted octanol–water partition coefficient (Wildman–Crippen LogP) is 2.55. The molecule has 1 aromatic heterocycles. The van der Waals surface area contributed by atoms with Crippen LogP contribution in [0.25, 0.3) is 11.0 Å². The zero-order valence-electron chi connectivity index (χ0n) is 11.5. The van der Waals surface area contributed by atoms with Gasteiger partial charge in [0.25, 0.3) is 0 Å². The van der Waals surface area contributed by atoms with Gasteiger partial charge >= 0.3 is 0 Å². The van der Waals surface area contributed by atoms with E-state index in [9.17, 15) is 4.79 Å². The molecule has 0 radical (unpaired) electrons. The Balaban J connectivity index is 1.99. The van der Waals surface area contributed by atoms with Crippen molar-refractivity contribution in [2.75, 3.05) is 7.11 Å². The Labute approximate surface area is 121 Å². The van der Waals surface area contributed by atoms with Crippen LogP contribution in [0.4, 0.5) is 0 Å². The molecule has 6 heteroatoms. The first-order chi connectivity index (χ1) is 9.60. The van der Waals surface area contributed by atoms with Crippen LogP contribution in [-0.4, -0.2) is 28.6 Å². The molecule has 0 bridgehead atoms. The van der Waals surface area contributed by atoms with Crippen molar-refractivity contribution in [1.82, 2.24) is 14.9 Å². The maximum atomic E-state index is 12.2. The first-order valence-electron chi connectivity index (χ1n) is 6.69. The fourth-order valence-corrected chi connectivity index (χ4v) is 2.65. The molecule has 20 heavy (non-hydrogen) atoms.